The molecule has 0 saturated carbocycles. The third-order valence-electron chi connectivity index (χ3n) is 6.47. The van der Waals surface area contributed by atoms with E-state index in [0.717, 1.165) is 53.8 Å². The number of piperidine rings is 1. The molecule has 7 heteroatoms. The van der Waals surface area contributed by atoms with Crippen molar-refractivity contribution in [1.29, 1.82) is 0 Å². The first-order valence-electron chi connectivity index (χ1n) is 12.1. The Morgan fingerprint density at radius 2 is 1.82 bits per heavy atom. The number of para-hydroxylation sites is 3. The Balaban J connectivity index is 1.50. The van der Waals surface area contributed by atoms with Gasteiger partial charge in [-0.2, -0.15) is 0 Å². The summed E-state index contributed by atoms with van der Waals surface area (Å²) in [7, 11) is 0. The fourth-order valence-electron chi connectivity index (χ4n) is 4.93. The van der Waals surface area contributed by atoms with Gasteiger partial charge in [-0.05, 0) is 54.9 Å². The number of aryl methyl sites for hydroxylation is 2. The molecule has 0 bridgehead atoms. The minimum absolute atomic E-state index is 0.0717. The van der Waals surface area contributed by atoms with Crippen molar-refractivity contribution in [3.8, 4) is 0 Å². The van der Waals surface area contributed by atoms with Gasteiger partial charge in [0.25, 0.3) is 0 Å². The number of imidazole rings is 1. The number of carbonyl (C=O) groups is 2. The average molecular weight is 479 g/mol. The molecule has 0 aliphatic carbocycles. The third kappa shape index (κ3) is 5.46. The van der Waals surface area contributed by atoms with E-state index in [-0.39, 0.29) is 24.1 Å². The molecule has 0 spiro atoms. The van der Waals surface area contributed by atoms with E-state index < -0.39 is 0 Å². The van der Waals surface area contributed by atoms with E-state index in [9.17, 15) is 9.59 Å². The monoisotopic (exact) mass is 478 g/mol. The molecule has 2 heterocycles. The number of benzene rings is 2. The van der Waals surface area contributed by atoms with Crippen LogP contribution in [0.25, 0.3) is 11.0 Å². The zero-order valence-electron chi connectivity index (χ0n) is 20.5. The zero-order chi connectivity index (χ0) is 24.2. The van der Waals surface area contributed by atoms with Crippen molar-refractivity contribution < 1.29 is 9.59 Å². The van der Waals surface area contributed by atoms with Crippen LogP contribution in [0.4, 0.5) is 5.69 Å². The van der Waals surface area contributed by atoms with Crippen LogP contribution in [0.1, 0.15) is 38.3 Å². The lowest BCUT2D eigenvalue weighted by atomic mass is 9.92. The average Bonchev–Trinajstić information content (AvgIpc) is 3.15. The van der Waals surface area contributed by atoms with Crippen molar-refractivity contribution >= 4 is 40.3 Å². The fourth-order valence-corrected chi connectivity index (χ4v) is 5.74. The highest BCUT2D eigenvalue weighted by atomic mass is 32.2. The highest BCUT2D eigenvalue weighted by Crippen LogP contribution is 2.27. The minimum Gasteiger partial charge on any atom is -0.341 e. The summed E-state index contributed by atoms with van der Waals surface area (Å²) < 4.78 is 1.96. The molecule has 4 rings (SSSR count). The second kappa shape index (κ2) is 10.6. The smallest absolute Gasteiger partial charge is 0.242 e. The molecule has 1 fully saturated rings. The first-order chi connectivity index (χ1) is 16.4. The van der Waals surface area contributed by atoms with Gasteiger partial charge in [-0.3, -0.25) is 9.59 Å². The third-order valence-corrected chi connectivity index (χ3v) is 7.45. The Bertz CT molecular complexity index is 1180. The number of aromatic nitrogens is 2. The van der Waals surface area contributed by atoms with E-state index in [4.69, 9.17) is 4.98 Å². The van der Waals surface area contributed by atoms with Gasteiger partial charge in [-0.15, -0.1) is 0 Å². The summed E-state index contributed by atoms with van der Waals surface area (Å²) in [5, 5.41) is 3.78. The quantitative estimate of drug-likeness (QED) is 0.477. The molecule has 180 valence electrons. The molecule has 2 atom stereocenters. The molecule has 1 aromatic heterocycles. The molecule has 2 aromatic carbocycles. The molecule has 0 radical (unpaired) electrons. The summed E-state index contributed by atoms with van der Waals surface area (Å²) in [5.74, 6) is 1.30. The number of anilines is 1. The second-order valence-electron chi connectivity index (χ2n) is 9.51. The molecule has 6 nitrogen and oxygen atoms in total. The zero-order valence-corrected chi connectivity index (χ0v) is 21.3. The van der Waals surface area contributed by atoms with Gasteiger partial charge in [-0.25, -0.2) is 4.98 Å². The Morgan fingerprint density at radius 1 is 1.09 bits per heavy atom. The van der Waals surface area contributed by atoms with E-state index in [0.29, 0.717) is 17.0 Å². The number of amides is 2. The number of hydrogen-bond acceptors (Lipinski definition) is 4. The van der Waals surface area contributed by atoms with Crippen LogP contribution in [0.15, 0.2) is 47.6 Å². The van der Waals surface area contributed by atoms with Gasteiger partial charge in [0.1, 0.15) is 6.54 Å². The predicted molar refractivity (Wildman–Crippen MR) is 139 cm³/mol. The number of hydrogen-bond donors (Lipinski definition) is 1. The van der Waals surface area contributed by atoms with Crippen molar-refractivity contribution in [2.75, 3.05) is 24.2 Å². The maximum absolute atomic E-state index is 13.2. The van der Waals surface area contributed by atoms with Crippen molar-refractivity contribution in [1.82, 2.24) is 14.5 Å². The van der Waals surface area contributed by atoms with Crippen molar-refractivity contribution in [2.24, 2.45) is 11.8 Å². The first-order valence-corrected chi connectivity index (χ1v) is 13.1. The lowest BCUT2D eigenvalue weighted by Gasteiger charge is -2.35. The Morgan fingerprint density at radius 3 is 2.56 bits per heavy atom. The summed E-state index contributed by atoms with van der Waals surface area (Å²) in [5.41, 5.74) is 4.84. The van der Waals surface area contributed by atoms with Crippen LogP contribution < -0.4 is 5.32 Å². The molecular weight excluding hydrogens is 444 g/mol. The Labute approximate surface area is 206 Å². The van der Waals surface area contributed by atoms with Crippen molar-refractivity contribution in [3.63, 3.8) is 0 Å². The van der Waals surface area contributed by atoms with Crippen LogP contribution in [0.2, 0.25) is 0 Å². The van der Waals surface area contributed by atoms with Gasteiger partial charge in [0, 0.05) is 18.8 Å². The fraction of sp³-hybridized carbons (Fsp3) is 0.444. The van der Waals surface area contributed by atoms with E-state index in [1.54, 1.807) is 0 Å². The van der Waals surface area contributed by atoms with E-state index in [2.05, 4.69) is 26.1 Å². The normalized spacial score (nSPS) is 18.3. The summed E-state index contributed by atoms with van der Waals surface area (Å²) in [6.45, 7) is 10.4. The highest BCUT2D eigenvalue weighted by molar-refractivity contribution is 7.99. The van der Waals surface area contributed by atoms with Gasteiger partial charge >= 0.3 is 0 Å². The second-order valence-corrected chi connectivity index (χ2v) is 10.5. The maximum Gasteiger partial charge on any atom is 0.242 e. The number of nitrogens with one attached hydrogen (secondary N) is 1. The number of fused-ring (bicyclic) bond motifs is 1. The Kier molecular flexibility index (Phi) is 7.61. The van der Waals surface area contributed by atoms with Crippen LogP contribution >= 0.6 is 11.8 Å². The van der Waals surface area contributed by atoms with Gasteiger partial charge in [0.05, 0.1) is 16.8 Å². The molecule has 2 unspecified atom stereocenters. The highest BCUT2D eigenvalue weighted by Gasteiger charge is 2.26. The molecule has 2 amide bonds. The standard InChI is InChI=1S/C27H34N4O2S/c1-5-21-10-8-9-20(4)26(21)29-24(32)17-34-27-28-22-11-6-7-12-23(22)31(27)16-25(33)30-14-18(2)13-19(3)15-30/h6-12,18-19H,5,13-17H2,1-4H3,(H,29,32). The van der Waals surface area contributed by atoms with Crippen molar-refractivity contribution in [2.45, 2.75) is 52.2 Å². The molecule has 1 aliphatic rings. The predicted octanol–water partition coefficient (Wildman–Crippen LogP) is 5.14. The van der Waals surface area contributed by atoms with Gasteiger partial charge < -0.3 is 14.8 Å². The number of likely N-dealkylation sites (tertiary alicyclic amines) is 1. The molecule has 1 saturated heterocycles. The van der Waals surface area contributed by atoms with E-state index >= 15 is 0 Å². The lowest BCUT2D eigenvalue weighted by molar-refractivity contribution is -0.134. The van der Waals surface area contributed by atoms with E-state index in [1.165, 1.54) is 11.8 Å². The van der Waals surface area contributed by atoms with Crippen molar-refractivity contribution in [3.05, 3.63) is 53.6 Å². The molecule has 34 heavy (non-hydrogen) atoms. The number of thioether (sulfide) groups is 1. The molecule has 1 N–H and O–H groups in total. The first kappa shape index (κ1) is 24.3. The van der Waals surface area contributed by atoms with Gasteiger partial charge in [-0.1, -0.05) is 62.9 Å². The lowest BCUT2D eigenvalue weighted by Crippen LogP contribution is -2.44. The molecule has 3 aromatic rings. The molecular formula is C27H34N4O2S. The summed E-state index contributed by atoms with van der Waals surface area (Å²) in [6, 6.07) is 13.9. The Hall–Kier alpha value is -2.80. The molecule has 1 aliphatic heterocycles. The summed E-state index contributed by atoms with van der Waals surface area (Å²) in [6.07, 6.45) is 2.02. The minimum atomic E-state index is -0.0717. The van der Waals surface area contributed by atoms with Gasteiger partial charge in [0.2, 0.25) is 11.8 Å². The number of rotatable bonds is 7. The maximum atomic E-state index is 13.2. The van der Waals surface area contributed by atoms with Crippen LogP contribution in [0.5, 0.6) is 0 Å². The largest absolute Gasteiger partial charge is 0.341 e. The van der Waals surface area contributed by atoms with Crippen LogP contribution in [-0.4, -0.2) is 45.1 Å². The summed E-state index contributed by atoms with van der Waals surface area (Å²) >= 11 is 1.38. The van der Waals surface area contributed by atoms with Gasteiger partial charge in [0.15, 0.2) is 5.16 Å². The summed E-state index contributed by atoms with van der Waals surface area (Å²) in [4.78, 5) is 32.8. The van der Waals surface area contributed by atoms with E-state index in [1.807, 2.05) is 58.9 Å². The van der Waals surface area contributed by atoms with Crippen LogP contribution in [0, 0.1) is 18.8 Å². The number of nitrogens with zero attached hydrogens (tertiary/aromatic N) is 3. The van der Waals surface area contributed by atoms with Crippen LogP contribution in [0.3, 0.4) is 0 Å². The van der Waals surface area contributed by atoms with Crippen LogP contribution in [-0.2, 0) is 22.6 Å². The SMILES string of the molecule is CCc1cccc(C)c1NC(=O)CSc1nc2ccccc2n1CC(=O)N1CC(C)CC(C)C1. The topological polar surface area (TPSA) is 67.2 Å². The number of carbonyl (C=O) groups excluding carboxylic acids is 2.